The van der Waals surface area contributed by atoms with E-state index in [1.807, 2.05) is 24.3 Å². The lowest BCUT2D eigenvalue weighted by Gasteiger charge is -2.23. The van der Waals surface area contributed by atoms with E-state index in [4.69, 9.17) is 19.7 Å². The van der Waals surface area contributed by atoms with Gasteiger partial charge in [-0.2, -0.15) is 4.98 Å². The third kappa shape index (κ3) is 2.02. The van der Waals surface area contributed by atoms with Crippen LogP contribution in [0.5, 0.6) is 11.5 Å². The molecule has 6 heteroatoms. The maximum atomic E-state index is 6.06. The van der Waals surface area contributed by atoms with Crippen LogP contribution in [0.4, 0.5) is 0 Å². The fourth-order valence-electron chi connectivity index (χ4n) is 2.32. The molecule has 1 aromatic heterocycles. The lowest BCUT2D eigenvalue weighted by Crippen LogP contribution is -2.22. The van der Waals surface area contributed by atoms with Crippen molar-refractivity contribution in [1.82, 2.24) is 10.1 Å². The minimum Gasteiger partial charge on any atom is -0.485 e. The molecule has 0 spiro atoms. The monoisotopic (exact) mass is 273 g/mol. The van der Waals surface area contributed by atoms with Gasteiger partial charge < -0.3 is 19.7 Å². The van der Waals surface area contributed by atoms with Gasteiger partial charge in [-0.3, -0.25) is 0 Å². The highest BCUT2D eigenvalue weighted by Gasteiger charge is 2.34. The Morgan fingerprint density at radius 2 is 2.00 bits per heavy atom. The van der Waals surface area contributed by atoms with Crippen molar-refractivity contribution in [2.45, 2.75) is 25.0 Å². The molecule has 104 valence electrons. The molecule has 1 fully saturated rings. The number of rotatable bonds is 3. The number of hydrogen-bond acceptors (Lipinski definition) is 6. The summed E-state index contributed by atoms with van der Waals surface area (Å²) in [4.78, 5) is 4.36. The normalized spacial score (nSPS) is 22.6. The van der Waals surface area contributed by atoms with Crippen molar-refractivity contribution in [2.24, 2.45) is 11.7 Å². The lowest BCUT2D eigenvalue weighted by atomic mass is 10.2. The molecule has 1 saturated carbocycles. The molecule has 2 N–H and O–H groups in total. The first-order valence-corrected chi connectivity index (χ1v) is 6.79. The summed E-state index contributed by atoms with van der Waals surface area (Å²) in [5.74, 6) is 2.90. The van der Waals surface area contributed by atoms with Crippen LogP contribution in [0.2, 0.25) is 0 Å². The van der Waals surface area contributed by atoms with Gasteiger partial charge in [-0.25, -0.2) is 0 Å². The fraction of sp³-hybridized carbons (Fsp3) is 0.429. The molecule has 20 heavy (non-hydrogen) atoms. The van der Waals surface area contributed by atoms with Gasteiger partial charge in [0.25, 0.3) is 5.89 Å². The smallest absolute Gasteiger partial charge is 0.271 e. The van der Waals surface area contributed by atoms with E-state index in [1.165, 1.54) is 0 Å². The average molecular weight is 273 g/mol. The van der Waals surface area contributed by atoms with Crippen molar-refractivity contribution in [2.75, 3.05) is 6.61 Å². The first kappa shape index (κ1) is 11.7. The van der Waals surface area contributed by atoms with E-state index in [1.54, 1.807) is 0 Å². The number of ether oxygens (including phenoxy) is 2. The maximum absolute atomic E-state index is 6.06. The minimum atomic E-state index is -0.377. The summed E-state index contributed by atoms with van der Waals surface area (Å²) < 4.78 is 16.7. The van der Waals surface area contributed by atoms with Gasteiger partial charge in [0.05, 0.1) is 6.04 Å². The molecule has 1 aromatic carbocycles. The number of fused-ring (bicyclic) bond motifs is 1. The van der Waals surface area contributed by atoms with Gasteiger partial charge in [-0.05, 0) is 30.9 Å². The second-order valence-corrected chi connectivity index (χ2v) is 5.22. The Kier molecular flexibility index (Phi) is 2.63. The summed E-state index contributed by atoms with van der Waals surface area (Å²) in [6, 6.07) is 7.39. The average Bonchev–Trinajstić information content (AvgIpc) is 3.23. The zero-order valence-corrected chi connectivity index (χ0v) is 10.9. The molecular weight excluding hydrogens is 258 g/mol. The summed E-state index contributed by atoms with van der Waals surface area (Å²) in [7, 11) is 0. The Morgan fingerprint density at radius 1 is 1.20 bits per heavy atom. The Morgan fingerprint density at radius 3 is 2.80 bits per heavy atom. The number of aromatic nitrogens is 2. The van der Waals surface area contributed by atoms with E-state index >= 15 is 0 Å². The van der Waals surface area contributed by atoms with Crippen molar-refractivity contribution >= 4 is 0 Å². The summed E-state index contributed by atoms with van der Waals surface area (Å²) in [6.45, 7) is 0.358. The van der Waals surface area contributed by atoms with Gasteiger partial charge in [0.1, 0.15) is 6.61 Å². The molecule has 0 bridgehead atoms. The van der Waals surface area contributed by atoms with Crippen LogP contribution in [0.15, 0.2) is 28.8 Å². The second-order valence-electron chi connectivity index (χ2n) is 5.22. The summed E-state index contributed by atoms with van der Waals surface area (Å²) in [5.41, 5.74) is 6.06. The van der Waals surface area contributed by atoms with E-state index < -0.39 is 0 Å². The van der Waals surface area contributed by atoms with E-state index in [0.717, 1.165) is 18.6 Å². The highest BCUT2D eigenvalue weighted by Crippen LogP contribution is 2.39. The molecule has 4 rings (SSSR count). The van der Waals surface area contributed by atoms with Gasteiger partial charge in [-0.15, -0.1) is 0 Å². The Hall–Kier alpha value is -2.08. The highest BCUT2D eigenvalue weighted by molar-refractivity contribution is 5.40. The van der Waals surface area contributed by atoms with Crippen LogP contribution in [0.1, 0.15) is 36.7 Å². The first-order valence-electron chi connectivity index (χ1n) is 6.79. The third-order valence-electron chi connectivity index (χ3n) is 3.67. The maximum Gasteiger partial charge on any atom is 0.271 e. The quantitative estimate of drug-likeness (QED) is 0.920. The van der Waals surface area contributed by atoms with Crippen LogP contribution in [-0.4, -0.2) is 16.7 Å². The SMILES string of the molecule is NC(c1noc(C2COc3ccccc3O2)n1)C1CC1. The molecule has 0 radical (unpaired) electrons. The molecule has 0 saturated heterocycles. The van der Waals surface area contributed by atoms with Crippen LogP contribution in [0.25, 0.3) is 0 Å². The van der Waals surface area contributed by atoms with Crippen LogP contribution < -0.4 is 15.2 Å². The first-order chi connectivity index (χ1) is 9.81. The zero-order valence-electron chi connectivity index (χ0n) is 10.9. The highest BCUT2D eigenvalue weighted by atomic mass is 16.6. The Balaban J connectivity index is 1.54. The van der Waals surface area contributed by atoms with Gasteiger partial charge in [0.15, 0.2) is 17.3 Å². The van der Waals surface area contributed by atoms with Crippen molar-refractivity contribution in [3.8, 4) is 11.5 Å². The molecular formula is C14H15N3O3. The number of nitrogens with two attached hydrogens (primary N) is 1. The number of benzene rings is 1. The summed E-state index contributed by atoms with van der Waals surface area (Å²) in [6.07, 6.45) is 1.90. The molecule has 2 atom stereocenters. The van der Waals surface area contributed by atoms with Gasteiger partial charge in [0, 0.05) is 0 Å². The lowest BCUT2D eigenvalue weighted by molar-refractivity contribution is 0.0665. The Bertz CT molecular complexity index is 624. The van der Waals surface area contributed by atoms with E-state index in [2.05, 4.69) is 10.1 Å². The molecule has 2 aromatic rings. The van der Waals surface area contributed by atoms with Crippen molar-refractivity contribution in [3.05, 3.63) is 36.0 Å². The summed E-state index contributed by atoms with van der Waals surface area (Å²) >= 11 is 0. The number of nitrogens with zero attached hydrogens (tertiary/aromatic N) is 2. The topological polar surface area (TPSA) is 83.4 Å². The molecule has 2 aliphatic rings. The van der Waals surface area contributed by atoms with Crippen LogP contribution in [0.3, 0.4) is 0 Å². The Labute approximate surface area is 115 Å². The van der Waals surface area contributed by atoms with Crippen molar-refractivity contribution in [1.29, 1.82) is 0 Å². The van der Waals surface area contributed by atoms with E-state index in [0.29, 0.717) is 30.0 Å². The van der Waals surface area contributed by atoms with Crippen LogP contribution in [0, 0.1) is 5.92 Å². The summed E-state index contributed by atoms with van der Waals surface area (Å²) in [5, 5.41) is 3.96. The third-order valence-corrected chi connectivity index (χ3v) is 3.67. The molecule has 6 nitrogen and oxygen atoms in total. The van der Waals surface area contributed by atoms with E-state index in [9.17, 15) is 0 Å². The van der Waals surface area contributed by atoms with Crippen molar-refractivity contribution in [3.63, 3.8) is 0 Å². The molecule has 1 aliphatic carbocycles. The largest absolute Gasteiger partial charge is 0.485 e. The molecule has 2 heterocycles. The predicted molar refractivity (Wildman–Crippen MR) is 69.3 cm³/mol. The van der Waals surface area contributed by atoms with Gasteiger partial charge >= 0.3 is 0 Å². The van der Waals surface area contributed by atoms with Gasteiger partial charge in [0.2, 0.25) is 6.10 Å². The van der Waals surface area contributed by atoms with Gasteiger partial charge in [-0.1, -0.05) is 17.3 Å². The standard InChI is InChI=1S/C14H15N3O3/c15-12(8-5-6-8)13-16-14(20-17-13)11-7-18-9-3-1-2-4-10(9)19-11/h1-4,8,11-12H,5-7,15H2. The zero-order chi connectivity index (χ0) is 13.5. The second kappa shape index (κ2) is 4.49. The van der Waals surface area contributed by atoms with Crippen LogP contribution in [-0.2, 0) is 0 Å². The van der Waals surface area contributed by atoms with E-state index in [-0.39, 0.29) is 12.1 Å². The van der Waals surface area contributed by atoms with Crippen molar-refractivity contribution < 1.29 is 14.0 Å². The number of para-hydroxylation sites is 2. The van der Waals surface area contributed by atoms with Crippen LogP contribution >= 0.6 is 0 Å². The predicted octanol–water partition coefficient (Wildman–Crippen LogP) is 1.99. The molecule has 1 aliphatic heterocycles. The minimum absolute atomic E-state index is 0.135. The number of hydrogen-bond donors (Lipinski definition) is 1. The fourth-order valence-corrected chi connectivity index (χ4v) is 2.32. The molecule has 2 unspecified atom stereocenters. The molecule has 0 amide bonds.